The van der Waals surface area contributed by atoms with Gasteiger partial charge in [-0.1, -0.05) is 6.07 Å². The highest BCUT2D eigenvalue weighted by molar-refractivity contribution is 6.11. The molecule has 2 aliphatic rings. The number of hydrogen-bond donors (Lipinski definition) is 1. The van der Waals surface area contributed by atoms with Crippen molar-refractivity contribution in [1.82, 2.24) is 14.8 Å². The number of aryl methyl sites for hydroxylation is 1. The largest absolute Gasteiger partial charge is 0.490 e. The van der Waals surface area contributed by atoms with Gasteiger partial charge in [0.05, 0.1) is 19.8 Å². The molecule has 0 radical (unpaired) electrons. The molecular weight excluding hydrogens is 438 g/mol. The quantitative estimate of drug-likeness (QED) is 0.363. The maximum atomic E-state index is 13.4. The molecule has 0 aliphatic carbocycles. The van der Waals surface area contributed by atoms with Crippen molar-refractivity contribution in [2.24, 2.45) is 0 Å². The summed E-state index contributed by atoms with van der Waals surface area (Å²) in [5.74, 6) is 0.384. The van der Waals surface area contributed by atoms with E-state index in [0.29, 0.717) is 42.4 Å². The highest BCUT2D eigenvalue weighted by Gasteiger charge is 2.50. The number of aromatic nitrogens is 1. The summed E-state index contributed by atoms with van der Waals surface area (Å²) in [5, 5.41) is 2.76. The van der Waals surface area contributed by atoms with E-state index in [4.69, 9.17) is 14.2 Å². The minimum Gasteiger partial charge on any atom is -0.490 e. The Morgan fingerprint density at radius 1 is 1.15 bits per heavy atom. The molecule has 1 atom stereocenters. The number of fused-ring (bicyclic) bond motifs is 1. The van der Waals surface area contributed by atoms with Crippen LogP contribution in [0.1, 0.15) is 47.1 Å². The Morgan fingerprint density at radius 2 is 1.88 bits per heavy atom. The molecule has 0 saturated carbocycles. The standard InChI is InChI=1S/C25H31N3O6/c1-16-13-19(17(2)27(16)9-5-10-32-4)20(29)15-28-23(30)25(3,26-24(28)31)18-7-8-21-22(14-18)34-12-6-11-33-21/h7-8,13-14H,5-6,9-12,15H2,1-4H3,(H,26,31). The lowest BCUT2D eigenvalue weighted by Gasteiger charge is -2.23. The Bertz CT molecular complexity index is 1120. The Kier molecular flexibility index (Phi) is 6.65. The molecule has 1 unspecified atom stereocenters. The number of ketones is 1. The first-order valence-corrected chi connectivity index (χ1v) is 11.5. The van der Waals surface area contributed by atoms with Crippen molar-refractivity contribution in [2.45, 2.75) is 45.7 Å². The van der Waals surface area contributed by atoms with Crippen LogP contribution in [-0.2, 0) is 21.6 Å². The molecule has 1 saturated heterocycles. The number of nitrogens with zero attached hydrogens (tertiary/aromatic N) is 2. The molecule has 3 amide bonds. The van der Waals surface area contributed by atoms with Crippen LogP contribution in [0.2, 0.25) is 0 Å². The fourth-order valence-electron chi connectivity index (χ4n) is 4.53. The van der Waals surface area contributed by atoms with Crippen molar-refractivity contribution in [3.63, 3.8) is 0 Å². The fourth-order valence-corrected chi connectivity index (χ4v) is 4.53. The van der Waals surface area contributed by atoms with Crippen LogP contribution in [-0.4, -0.2) is 60.7 Å². The van der Waals surface area contributed by atoms with Crippen LogP contribution >= 0.6 is 0 Å². The Balaban J connectivity index is 1.53. The van der Waals surface area contributed by atoms with E-state index >= 15 is 0 Å². The summed E-state index contributed by atoms with van der Waals surface area (Å²) in [4.78, 5) is 40.3. The summed E-state index contributed by atoms with van der Waals surface area (Å²) < 4.78 is 18.6. The third kappa shape index (κ3) is 4.27. The van der Waals surface area contributed by atoms with Gasteiger partial charge in [-0.3, -0.25) is 14.5 Å². The van der Waals surface area contributed by atoms with E-state index in [9.17, 15) is 14.4 Å². The molecule has 2 aromatic rings. The molecule has 3 heterocycles. The van der Waals surface area contributed by atoms with Crippen LogP contribution in [0.25, 0.3) is 0 Å². The average Bonchev–Trinajstić information content (AvgIpc) is 3.09. The third-order valence-electron chi connectivity index (χ3n) is 6.51. The molecular formula is C25H31N3O6. The second kappa shape index (κ2) is 9.50. The maximum Gasteiger partial charge on any atom is 0.325 e. The van der Waals surface area contributed by atoms with Gasteiger partial charge in [0, 0.05) is 43.6 Å². The number of Topliss-reactive ketones (excluding diaryl/α,β-unsaturated/α-hetero) is 1. The van der Waals surface area contributed by atoms with Gasteiger partial charge in [-0.25, -0.2) is 4.79 Å². The highest BCUT2D eigenvalue weighted by atomic mass is 16.5. The first-order valence-electron chi connectivity index (χ1n) is 11.5. The lowest BCUT2D eigenvalue weighted by atomic mass is 9.91. The van der Waals surface area contributed by atoms with Crippen LogP contribution in [0.15, 0.2) is 24.3 Å². The molecule has 9 nitrogen and oxygen atoms in total. The normalized spacial score (nSPS) is 19.8. The van der Waals surface area contributed by atoms with Crippen LogP contribution in [0, 0.1) is 13.8 Å². The number of nitrogens with one attached hydrogen (secondary N) is 1. The molecule has 1 aromatic heterocycles. The van der Waals surface area contributed by atoms with Gasteiger partial charge in [0.15, 0.2) is 17.3 Å². The van der Waals surface area contributed by atoms with Crippen molar-refractivity contribution in [1.29, 1.82) is 0 Å². The SMILES string of the molecule is COCCCn1c(C)cc(C(=O)CN2C(=O)NC(C)(c3ccc4c(c3)OCCCO4)C2=O)c1C. The number of carbonyl (C=O) groups excluding carboxylic acids is 3. The molecule has 182 valence electrons. The number of methoxy groups -OCH3 is 1. The molecule has 1 N–H and O–H groups in total. The van der Waals surface area contributed by atoms with E-state index in [1.54, 1.807) is 32.2 Å². The van der Waals surface area contributed by atoms with E-state index < -0.39 is 17.5 Å². The minimum atomic E-state index is -1.31. The number of carbonyl (C=O) groups is 3. The zero-order valence-electron chi connectivity index (χ0n) is 20.1. The van der Waals surface area contributed by atoms with Crippen molar-refractivity contribution in [3.8, 4) is 11.5 Å². The molecule has 1 aromatic carbocycles. The van der Waals surface area contributed by atoms with Gasteiger partial charge in [-0.15, -0.1) is 0 Å². The zero-order chi connectivity index (χ0) is 24.5. The number of hydrogen-bond acceptors (Lipinski definition) is 6. The predicted molar refractivity (Wildman–Crippen MR) is 124 cm³/mol. The lowest BCUT2D eigenvalue weighted by molar-refractivity contribution is -0.130. The molecule has 4 rings (SSSR count). The maximum absolute atomic E-state index is 13.4. The van der Waals surface area contributed by atoms with E-state index in [0.717, 1.165) is 35.7 Å². The van der Waals surface area contributed by atoms with Crippen molar-refractivity contribution in [3.05, 3.63) is 46.8 Å². The summed E-state index contributed by atoms with van der Waals surface area (Å²) in [6.45, 7) is 7.55. The number of rotatable bonds is 8. The molecule has 34 heavy (non-hydrogen) atoms. The van der Waals surface area contributed by atoms with Gasteiger partial charge in [-0.2, -0.15) is 0 Å². The lowest BCUT2D eigenvalue weighted by Crippen LogP contribution is -2.41. The van der Waals surface area contributed by atoms with Crippen molar-refractivity contribution < 1.29 is 28.6 Å². The van der Waals surface area contributed by atoms with E-state index in [-0.39, 0.29) is 12.3 Å². The summed E-state index contributed by atoms with van der Waals surface area (Å²) >= 11 is 0. The monoisotopic (exact) mass is 469 g/mol. The number of ether oxygens (including phenoxy) is 3. The van der Waals surface area contributed by atoms with Crippen molar-refractivity contribution in [2.75, 3.05) is 33.5 Å². The Hall–Kier alpha value is -3.33. The summed E-state index contributed by atoms with van der Waals surface area (Å²) in [5.41, 5.74) is 1.54. The smallest absolute Gasteiger partial charge is 0.325 e. The van der Waals surface area contributed by atoms with Crippen LogP contribution in [0.5, 0.6) is 11.5 Å². The van der Waals surface area contributed by atoms with E-state index in [1.165, 1.54) is 0 Å². The first-order chi connectivity index (χ1) is 16.3. The molecule has 0 bridgehead atoms. The summed E-state index contributed by atoms with van der Waals surface area (Å²) in [6.07, 6.45) is 1.58. The van der Waals surface area contributed by atoms with Gasteiger partial charge in [-0.05, 0) is 51.0 Å². The number of urea groups is 1. The van der Waals surface area contributed by atoms with E-state index in [2.05, 4.69) is 9.88 Å². The summed E-state index contributed by atoms with van der Waals surface area (Å²) in [7, 11) is 1.66. The first kappa shape index (κ1) is 23.8. The molecule has 0 spiro atoms. The van der Waals surface area contributed by atoms with Gasteiger partial charge in [0.25, 0.3) is 5.91 Å². The fraction of sp³-hybridized carbons (Fsp3) is 0.480. The Labute approximate surface area is 199 Å². The van der Waals surface area contributed by atoms with Crippen LogP contribution in [0.4, 0.5) is 4.79 Å². The highest BCUT2D eigenvalue weighted by Crippen LogP contribution is 2.36. The van der Waals surface area contributed by atoms with Gasteiger partial charge in [0.2, 0.25) is 0 Å². The average molecular weight is 470 g/mol. The second-order valence-corrected chi connectivity index (χ2v) is 8.86. The van der Waals surface area contributed by atoms with E-state index in [1.807, 2.05) is 19.9 Å². The van der Waals surface area contributed by atoms with Crippen molar-refractivity contribution >= 4 is 17.7 Å². The van der Waals surface area contributed by atoms with Crippen LogP contribution in [0.3, 0.4) is 0 Å². The number of imide groups is 1. The van der Waals surface area contributed by atoms with Gasteiger partial charge in [0.1, 0.15) is 5.54 Å². The number of amides is 3. The predicted octanol–water partition coefficient (Wildman–Crippen LogP) is 2.95. The number of benzene rings is 1. The molecule has 1 fully saturated rings. The summed E-state index contributed by atoms with van der Waals surface area (Å²) in [6, 6.07) is 6.42. The third-order valence-corrected chi connectivity index (χ3v) is 6.51. The molecule has 9 heteroatoms. The minimum absolute atomic E-state index is 0.280. The van der Waals surface area contributed by atoms with Crippen LogP contribution < -0.4 is 14.8 Å². The molecule has 2 aliphatic heterocycles. The topological polar surface area (TPSA) is 99.1 Å². The second-order valence-electron chi connectivity index (χ2n) is 8.86. The Morgan fingerprint density at radius 3 is 2.62 bits per heavy atom. The zero-order valence-corrected chi connectivity index (χ0v) is 20.1. The van der Waals surface area contributed by atoms with Gasteiger partial charge >= 0.3 is 6.03 Å². The van der Waals surface area contributed by atoms with Gasteiger partial charge < -0.3 is 24.1 Å².